The maximum absolute atomic E-state index is 3.36. The maximum Gasteiger partial charge on any atom is 0.0205 e. The van der Waals surface area contributed by atoms with Gasteiger partial charge >= 0.3 is 0 Å². The summed E-state index contributed by atoms with van der Waals surface area (Å²) in [6.45, 7) is 8.49. The topological polar surface area (TPSA) is 12.0 Å². The molecule has 1 nitrogen and oxygen atoms in total. The van der Waals surface area contributed by atoms with Crippen molar-refractivity contribution in [3.8, 4) is 11.1 Å². The SMILES string of the molecule is CCNCc1ccc(-c2ccsc2C)c(C)c1. The minimum absolute atomic E-state index is 0.959. The van der Waals surface area contributed by atoms with E-state index in [-0.39, 0.29) is 0 Å². The first kappa shape index (κ1) is 12.3. The van der Waals surface area contributed by atoms with Crippen LogP contribution in [-0.4, -0.2) is 6.54 Å². The third kappa shape index (κ3) is 2.76. The van der Waals surface area contributed by atoms with E-state index in [2.05, 4.69) is 55.7 Å². The number of hydrogen-bond acceptors (Lipinski definition) is 2. The van der Waals surface area contributed by atoms with E-state index < -0.39 is 0 Å². The van der Waals surface area contributed by atoms with Crippen molar-refractivity contribution in [3.63, 3.8) is 0 Å². The standard InChI is InChI=1S/C15H19NS/c1-4-16-10-13-5-6-14(11(2)9-13)15-7-8-17-12(15)3/h5-9,16H,4,10H2,1-3H3. The predicted molar refractivity (Wildman–Crippen MR) is 76.6 cm³/mol. The second-order valence-electron chi connectivity index (χ2n) is 4.32. The van der Waals surface area contributed by atoms with Crippen molar-refractivity contribution in [1.29, 1.82) is 0 Å². The molecule has 1 N–H and O–H groups in total. The highest BCUT2D eigenvalue weighted by atomic mass is 32.1. The summed E-state index contributed by atoms with van der Waals surface area (Å²) in [5.74, 6) is 0. The molecule has 0 fully saturated rings. The van der Waals surface area contributed by atoms with Gasteiger partial charge in [0, 0.05) is 11.4 Å². The van der Waals surface area contributed by atoms with Crippen LogP contribution in [0.4, 0.5) is 0 Å². The molecule has 17 heavy (non-hydrogen) atoms. The number of hydrogen-bond donors (Lipinski definition) is 1. The van der Waals surface area contributed by atoms with Crippen molar-refractivity contribution in [2.75, 3.05) is 6.54 Å². The van der Waals surface area contributed by atoms with Gasteiger partial charge in [-0.15, -0.1) is 11.3 Å². The van der Waals surface area contributed by atoms with E-state index in [9.17, 15) is 0 Å². The lowest BCUT2D eigenvalue weighted by Crippen LogP contribution is -2.11. The van der Waals surface area contributed by atoms with Gasteiger partial charge in [-0.05, 0) is 54.1 Å². The zero-order valence-corrected chi connectivity index (χ0v) is 11.5. The Balaban J connectivity index is 2.29. The average molecular weight is 245 g/mol. The quantitative estimate of drug-likeness (QED) is 0.853. The zero-order valence-electron chi connectivity index (χ0n) is 10.7. The van der Waals surface area contributed by atoms with E-state index in [1.807, 2.05) is 11.3 Å². The van der Waals surface area contributed by atoms with Gasteiger partial charge in [0.15, 0.2) is 0 Å². The van der Waals surface area contributed by atoms with Gasteiger partial charge in [-0.2, -0.15) is 0 Å². The van der Waals surface area contributed by atoms with Crippen LogP contribution in [0.5, 0.6) is 0 Å². The first-order chi connectivity index (χ1) is 8.22. The van der Waals surface area contributed by atoms with Gasteiger partial charge in [0.25, 0.3) is 0 Å². The summed E-state index contributed by atoms with van der Waals surface area (Å²) >= 11 is 1.81. The van der Waals surface area contributed by atoms with Crippen molar-refractivity contribution >= 4 is 11.3 Å². The van der Waals surface area contributed by atoms with Crippen LogP contribution in [0.15, 0.2) is 29.6 Å². The Kier molecular flexibility index (Phi) is 3.97. The second kappa shape index (κ2) is 5.48. The fourth-order valence-corrected chi connectivity index (χ4v) is 2.78. The van der Waals surface area contributed by atoms with Crippen molar-refractivity contribution < 1.29 is 0 Å². The van der Waals surface area contributed by atoms with E-state index in [0.29, 0.717) is 0 Å². The van der Waals surface area contributed by atoms with E-state index in [0.717, 1.165) is 13.1 Å². The van der Waals surface area contributed by atoms with Crippen molar-refractivity contribution in [2.45, 2.75) is 27.3 Å². The van der Waals surface area contributed by atoms with Gasteiger partial charge in [-0.3, -0.25) is 0 Å². The largest absolute Gasteiger partial charge is 0.313 e. The Hall–Kier alpha value is -1.12. The summed E-state index contributed by atoms with van der Waals surface area (Å²) in [5, 5.41) is 5.52. The zero-order chi connectivity index (χ0) is 12.3. The highest BCUT2D eigenvalue weighted by Crippen LogP contribution is 2.30. The number of benzene rings is 1. The molecular formula is C15H19NS. The molecule has 90 valence electrons. The summed E-state index contributed by atoms with van der Waals surface area (Å²) in [4.78, 5) is 1.40. The first-order valence-electron chi connectivity index (χ1n) is 6.07. The third-order valence-electron chi connectivity index (χ3n) is 3.02. The summed E-state index contributed by atoms with van der Waals surface area (Å²) < 4.78 is 0. The molecule has 2 heteroatoms. The van der Waals surface area contributed by atoms with Crippen LogP contribution in [0, 0.1) is 13.8 Å². The Labute approximate surface area is 108 Å². The van der Waals surface area contributed by atoms with Gasteiger partial charge in [0.2, 0.25) is 0 Å². The van der Waals surface area contributed by atoms with Crippen LogP contribution in [0.25, 0.3) is 11.1 Å². The molecule has 2 aromatic rings. The molecule has 2 rings (SSSR count). The molecule has 1 aromatic heterocycles. The fourth-order valence-electron chi connectivity index (χ4n) is 2.07. The van der Waals surface area contributed by atoms with Crippen LogP contribution < -0.4 is 5.32 Å². The second-order valence-corrected chi connectivity index (χ2v) is 5.44. The third-order valence-corrected chi connectivity index (χ3v) is 3.86. The Morgan fingerprint density at radius 1 is 1.12 bits per heavy atom. The summed E-state index contributed by atoms with van der Waals surface area (Å²) in [6, 6.07) is 8.97. The molecule has 0 bridgehead atoms. The summed E-state index contributed by atoms with van der Waals surface area (Å²) in [5.41, 5.74) is 5.47. The van der Waals surface area contributed by atoms with Gasteiger partial charge in [-0.1, -0.05) is 25.1 Å². The molecule has 1 heterocycles. The lowest BCUT2D eigenvalue weighted by Gasteiger charge is -2.09. The van der Waals surface area contributed by atoms with Crippen LogP contribution in [0.1, 0.15) is 22.9 Å². The molecule has 0 aliphatic carbocycles. The summed E-state index contributed by atoms with van der Waals surface area (Å²) in [7, 11) is 0. The molecule has 0 radical (unpaired) electrons. The summed E-state index contributed by atoms with van der Waals surface area (Å²) in [6.07, 6.45) is 0. The monoisotopic (exact) mass is 245 g/mol. The van der Waals surface area contributed by atoms with Gasteiger partial charge in [0.05, 0.1) is 0 Å². The Morgan fingerprint density at radius 3 is 2.53 bits per heavy atom. The highest BCUT2D eigenvalue weighted by Gasteiger charge is 2.06. The molecule has 1 aromatic carbocycles. The molecular weight excluding hydrogens is 226 g/mol. The Morgan fingerprint density at radius 2 is 1.94 bits per heavy atom. The minimum Gasteiger partial charge on any atom is -0.313 e. The van der Waals surface area contributed by atoms with Crippen LogP contribution >= 0.6 is 11.3 Å². The molecule has 0 unspecified atom stereocenters. The maximum atomic E-state index is 3.36. The molecule has 0 atom stereocenters. The lowest BCUT2D eigenvalue weighted by atomic mass is 9.99. The Bertz CT molecular complexity index is 499. The molecule has 0 aliphatic heterocycles. The molecule has 0 spiro atoms. The number of rotatable bonds is 4. The van der Waals surface area contributed by atoms with Crippen LogP contribution in [0.3, 0.4) is 0 Å². The van der Waals surface area contributed by atoms with E-state index >= 15 is 0 Å². The van der Waals surface area contributed by atoms with Crippen molar-refractivity contribution in [1.82, 2.24) is 5.32 Å². The first-order valence-corrected chi connectivity index (χ1v) is 6.95. The normalized spacial score (nSPS) is 10.8. The molecule has 0 amide bonds. The fraction of sp³-hybridized carbons (Fsp3) is 0.333. The lowest BCUT2D eigenvalue weighted by molar-refractivity contribution is 0.726. The number of thiophene rings is 1. The van der Waals surface area contributed by atoms with Crippen molar-refractivity contribution in [3.05, 3.63) is 45.6 Å². The predicted octanol–water partition coefficient (Wildman–Crippen LogP) is 4.14. The highest BCUT2D eigenvalue weighted by molar-refractivity contribution is 7.10. The van der Waals surface area contributed by atoms with Gasteiger partial charge in [0.1, 0.15) is 0 Å². The average Bonchev–Trinajstić information content (AvgIpc) is 2.73. The van der Waals surface area contributed by atoms with E-state index in [1.165, 1.54) is 27.1 Å². The number of aryl methyl sites for hydroxylation is 2. The molecule has 0 saturated carbocycles. The smallest absolute Gasteiger partial charge is 0.0205 e. The molecule has 0 aliphatic rings. The van der Waals surface area contributed by atoms with E-state index in [4.69, 9.17) is 0 Å². The minimum atomic E-state index is 0.959. The van der Waals surface area contributed by atoms with Crippen LogP contribution in [-0.2, 0) is 6.54 Å². The van der Waals surface area contributed by atoms with E-state index in [1.54, 1.807) is 0 Å². The number of nitrogens with one attached hydrogen (secondary N) is 1. The molecule has 0 saturated heterocycles. The van der Waals surface area contributed by atoms with Gasteiger partial charge in [-0.25, -0.2) is 0 Å². The van der Waals surface area contributed by atoms with Crippen LogP contribution in [0.2, 0.25) is 0 Å². The van der Waals surface area contributed by atoms with Gasteiger partial charge < -0.3 is 5.32 Å². The van der Waals surface area contributed by atoms with Crippen molar-refractivity contribution in [2.24, 2.45) is 0 Å².